The van der Waals surface area contributed by atoms with Gasteiger partial charge in [0.1, 0.15) is 0 Å². The summed E-state index contributed by atoms with van der Waals surface area (Å²) in [6.45, 7) is 0. The molecule has 0 amide bonds. The number of nitro groups is 1. The molecule has 1 N–H and O–H groups in total. The van der Waals surface area contributed by atoms with Crippen molar-refractivity contribution < 1.29 is 13.3 Å². The van der Waals surface area contributed by atoms with Crippen molar-refractivity contribution in [3.8, 4) is 5.69 Å². The number of hydrogen-bond donors (Lipinski definition) is 1. The molecule has 0 aliphatic heterocycles. The molecule has 3 aromatic rings. The smallest absolute Gasteiger partial charge is 0.270 e. The molecule has 0 saturated carbocycles. The zero-order chi connectivity index (χ0) is 17.2. The summed E-state index contributed by atoms with van der Waals surface area (Å²) in [5.41, 5.74) is 0.836. The molecule has 9 heteroatoms. The zero-order valence-electron chi connectivity index (χ0n) is 12.2. The summed E-state index contributed by atoms with van der Waals surface area (Å²) >= 11 is 0. The van der Waals surface area contributed by atoms with E-state index in [0.717, 1.165) is 11.8 Å². The Morgan fingerprint density at radius 2 is 1.83 bits per heavy atom. The van der Waals surface area contributed by atoms with Gasteiger partial charge in [0, 0.05) is 30.2 Å². The summed E-state index contributed by atoms with van der Waals surface area (Å²) in [6, 6.07) is 13.2. The maximum absolute atomic E-state index is 12.3. The molecule has 0 unspecified atom stereocenters. The van der Waals surface area contributed by atoms with Gasteiger partial charge in [-0.1, -0.05) is 6.07 Å². The molecule has 0 saturated heterocycles. The van der Waals surface area contributed by atoms with Crippen LogP contribution in [0.5, 0.6) is 0 Å². The van der Waals surface area contributed by atoms with E-state index >= 15 is 0 Å². The van der Waals surface area contributed by atoms with Crippen molar-refractivity contribution >= 4 is 21.4 Å². The van der Waals surface area contributed by atoms with Gasteiger partial charge < -0.3 is 0 Å². The van der Waals surface area contributed by atoms with Crippen molar-refractivity contribution in [3.05, 3.63) is 77.1 Å². The third-order valence-electron chi connectivity index (χ3n) is 3.23. The van der Waals surface area contributed by atoms with Crippen LogP contribution in [-0.4, -0.2) is 23.1 Å². The summed E-state index contributed by atoms with van der Waals surface area (Å²) in [6.07, 6.45) is 3.40. The van der Waals surface area contributed by atoms with Crippen LogP contribution in [0.3, 0.4) is 0 Å². The molecule has 2 aromatic carbocycles. The van der Waals surface area contributed by atoms with E-state index in [1.54, 1.807) is 47.4 Å². The van der Waals surface area contributed by atoms with E-state index in [4.69, 9.17) is 0 Å². The first-order valence-electron chi connectivity index (χ1n) is 6.83. The lowest BCUT2D eigenvalue weighted by Crippen LogP contribution is -2.13. The van der Waals surface area contributed by atoms with Gasteiger partial charge in [0.05, 0.1) is 15.5 Å². The maximum atomic E-state index is 12.3. The average Bonchev–Trinajstić information content (AvgIpc) is 3.10. The lowest BCUT2D eigenvalue weighted by molar-refractivity contribution is -0.385. The van der Waals surface area contributed by atoms with E-state index in [9.17, 15) is 18.5 Å². The minimum absolute atomic E-state index is 0.173. The highest BCUT2D eigenvalue weighted by Gasteiger charge is 2.17. The monoisotopic (exact) mass is 344 g/mol. The number of nitro benzene ring substituents is 1. The first-order chi connectivity index (χ1) is 11.5. The third-order valence-corrected chi connectivity index (χ3v) is 4.61. The van der Waals surface area contributed by atoms with Crippen molar-refractivity contribution in [2.24, 2.45) is 0 Å². The SMILES string of the molecule is O=[N+]([O-])c1cccc(S(=O)(=O)Nc2ccc(-n3cccn3)cc2)c1. The molecule has 0 aliphatic carbocycles. The Balaban J connectivity index is 1.84. The van der Waals surface area contributed by atoms with E-state index in [2.05, 4.69) is 9.82 Å². The Hall–Kier alpha value is -3.20. The Morgan fingerprint density at radius 3 is 2.46 bits per heavy atom. The number of rotatable bonds is 5. The van der Waals surface area contributed by atoms with Gasteiger partial charge in [-0.05, 0) is 36.4 Å². The van der Waals surface area contributed by atoms with Gasteiger partial charge in [-0.25, -0.2) is 13.1 Å². The number of benzene rings is 2. The number of aromatic nitrogens is 2. The Labute approximate surface area is 137 Å². The quantitative estimate of drug-likeness (QED) is 0.565. The molecule has 0 fully saturated rings. The molecular formula is C15H12N4O4S. The van der Waals surface area contributed by atoms with Crippen LogP contribution in [0.4, 0.5) is 11.4 Å². The van der Waals surface area contributed by atoms with Gasteiger partial charge in [-0.3, -0.25) is 14.8 Å². The second kappa shape index (κ2) is 6.13. The number of anilines is 1. The second-order valence-electron chi connectivity index (χ2n) is 4.86. The molecule has 0 spiro atoms. The van der Waals surface area contributed by atoms with Crippen LogP contribution in [0.1, 0.15) is 0 Å². The maximum Gasteiger partial charge on any atom is 0.270 e. The molecule has 3 rings (SSSR count). The fourth-order valence-corrected chi connectivity index (χ4v) is 3.18. The van der Waals surface area contributed by atoms with Gasteiger partial charge in [-0.15, -0.1) is 0 Å². The van der Waals surface area contributed by atoms with Gasteiger partial charge in [0.25, 0.3) is 15.7 Å². The van der Waals surface area contributed by atoms with Gasteiger partial charge >= 0.3 is 0 Å². The number of hydrogen-bond acceptors (Lipinski definition) is 5. The minimum atomic E-state index is -3.91. The van der Waals surface area contributed by atoms with Crippen LogP contribution in [-0.2, 0) is 10.0 Å². The van der Waals surface area contributed by atoms with Crippen molar-refractivity contribution in [2.75, 3.05) is 4.72 Å². The number of non-ortho nitro benzene ring substituents is 1. The first-order valence-corrected chi connectivity index (χ1v) is 8.31. The summed E-state index contributed by atoms with van der Waals surface area (Å²) in [5, 5.41) is 14.8. The van der Waals surface area contributed by atoms with Crippen molar-refractivity contribution in [1.29, 1.82) is 0 Å². The van der Waals surface area contributed by atoms with Gasteiger partial charge in [-0.2, -0.15) is 5.10 Å². The second-order valence-corrected chi connectivity index (χ2v) is 6.54. The van der Waals surface area contributed by atoms with Gasteiger partial charge in [0.2, 0.25) is 0 Å². The van der Waals surface area contributed by atoms with E-state index in [0.29, 0.717) is 5.69 Å². The standard InChI is InChI=1S/C15H12N4O4S/c20-19(21)14-3-1-4-15(11-14)24(22,23)17-12-5-7-13(8-6-12)18-10-2-9-16-18/h1-11,17H. The first kappa shape index (κ1) is 15.7. The topological polar surface area (TPSA) is 107 Å². The summed E-state index contributed by atoms with van der Waals surface area (Å²) in [4.78, 5) is 9.96. The fourth-order valence-electron chi connectivity index (χ4n) is 2.08. The highest BCUT2D eigenvalue weighted by atomic mass is 32.2. The highest BCUT2D eigenvalue weighted by molar-refractivity contribution is 7.92. The molecule has 8 nitrogen and oxygen atoms in total. The summed E-state index contributed by atoms with van der Waals surface area (Å²) in [7, 11) is -3.91. The molecule has 122 valence electrons. The highest BCUT2D eigenvalue weighted by Crippen LogP contribution is 2.21. The molecule has 0 aliphatic rings. The summed E-state index contributed by atoms with van der Waals surface area (Å²) in [5.74, 6) is 0. The van der Waals surface area contributed by atoms with Gasteiger partial charge in [0.15, 0.2) is 0 Å². The molecule has 24 heavy (non-hydrogen) atoms. The molecule has 0 bridgehead atoms. The average molecular weight is 344 g/mol. The molecular weight excluding hydrogens is 332 g/mol. The van der Waals surface area contributed by atoms with E-state index in [1.165, 1.54) is 18.2 Å². The molecule has 0 radical (unpaired) electrons. The molecule has 1 heterocycles. The zero-order valence-corrected chi connectivity index (χ0v) is 13.1. The minimum Gasteiger partial charge on any atom is -0.280 e. The lowest BCUT2D eigenvalue weighted by Gasteiger charge is -2.09. The van der Waals surface area contributed by atoms with E-state index in [1.807, 2.05) is 0 Å². The molecule has 0 atom stereocenters. The predicted molar refractivity (Wildman–Crippen MR) is 87.5 cm³/mol. The van der Waals surface area contributed by atoms with Crippen LogP contribution >= 0.6 is 0 Å². The normalized spacial score (nSPS) is 11.2. The number of nitrogens with one attached hydrogen (secondary N) is 1. The largest absolute Gasteiger partial charge is 0.280 e. The number of sulfonamides is 1. The van der Waals surface area contributed by atoms with Crippen molar-refractivity contribution in [3.63, 3.8) is 0 Å². The number of nitrogens with zero attached hydrogens (tertiary/aromatic N) is 3. The molecule has 1 aromatic heterocycles. The Kier molecular flexibility index (Phi) is 4.00. The van der Waals surface area contributed by atoms with E-state index in [-0.39, 0.29) is 10.6 Å². The predicted octanol–water partition coefficient (Wildman–Crippen LogP) is 2.58. The van der Waals surface area contributed by atoms with Crippen molar-refractivity contribution in [2.45, 2.75) is 4.90 Å². The van der Waals surface area contributed by atoms with Crippen LogP contribution in [0, 0.1) is 10.1 Å². The van der Waals surface area contributed by atoms with Crippen molar-refractivity contribution in [1.82, 2.24) is 9.78 Å². The lowest BCUT2D eigenvalue weighted by atomic mass is 10.3. The van der Waals surface area contributed by atoms with E-state index < -0.39 is 14.9 Å². The van der Waals surface area contributed by atoms with Crippen LogP contribution in [0.2, 0.25) is 0 Å². The van der Waals surface area contributed by atoms with Crippen LogP contribution in [0.15, 0.2) is 71.9 Å². The fraction of sp³-hybridized carbons (Fsp3) is 0. The Bertz CT molecular complexity index is 967. The summed E-state index contributed by atoms with van der Waals surface area (Å²) < 4.78 is 28.7. The van der Waals surface area contributed by atoms with Crippen LogP contribution in [0.25, 0.3) is 5.69 Å². The Morgan fingerprint density at radius 1 is 1.08 bits per heavy atom. The van der Waals surface area contributed by atoms with Crippen LogP contribution < -0.4 is 4.72 Å². The third kappa shape index (κ3) is 3.25.